The SMILES string of the molecule is COc1cccc(CNc2ccc(SNc3cccc(N4CCNCC4)c3)cc2)c1O. The molecule has 6 nitrogen and oxygen atoms in total. The Balaban J connectivity index is 1.31. The third-order valence-electron chi connectivity index (χ3n) is 5.25. The van der Waals surface area contributed by atoms with Crippen molar-refractivity contribution in [3.8, 4) is 11.5 Å². The maximum absolute atomic E-state index is 10.2. The highest BCUT2D eigenvalue weighted by molar-refractivity contribution is 8.00. The second kappa shape index (κ2) is 10.3. The van der Waals surface area contributed by atoms with Crippen LogP contribution in [-0.2, 0) is 6.54 Å². The van der Waals surface area contributed by atoms with Gasteiger partial charge in [-0.25, -0.2) is 0 Å². The molecule has 4 N–H and O–H groups in total. The third-order valence-corrected chi connectivity index (χ3v) is 6.10. The van der Waals surface area contributed by atoms with Gasteiger partial charge in [0.05, 0.1) is 7.11 Å². The van der Waals surface area contributed by atoms with Gasteiger partial charge in [-0.15, -0.1) is 0 Å². The van der Waals surface area contributed by atoms with Crippen LogP contribution in [0.5, 0.6) is 11.5 Å². The molecule has 4 rings (SSSR count). The Bertz CT molecular complexity index is 991. The summed E-state index contributed by atoms with van der Waals surface area (Å²) in [5.41, 5.74) is 4.14. The molecule has 0 unspecified atom stereocenters. The van der Waals surface area contributed by atoms with Gasteiger partial charge in [0.25, 0.3) is 0 Å². The van der Waals surface area contributed by atoms with Crippen LogP contribution < -0.4 is 25.0 Å². The number of rotatable bonds is 8. The first kappa shape index (κ1) is 21.2. The molecule has 1 aliphatic heterocycles. The summed E-state index contributed by atoms with van der Waals surface area (Å²) >= 11 is 1.59. The Kier molecular flexibility index (Phi) is 7.07. The van der Waals surface area contributed by atoms with Crippen LogP contribution in [0.3, 0.4) is 0 Å². The Morgan fingerprint density at radius 2 is 1.77 bits per heavy atom. The Morgan fingerprint density at radius 1 is 1.00 bits per heavy atom. The van der Waals surface area contributed by atoms with E-state index in [1.165, 1.54) is 5.69 Å². The highest BCUT2D eigenvalue weighted by Crippen LogP contribution is 2.30. The molecule has 1 heterocycles. The van der Waals surface area contributed by atoms with Crippen molar-refractivity contribution >= 4 is 29.0 Å². The van der Waals surface area contributed by atoms with Crippen LogP contribution in [-0.4, -0.2) is 38.4 Å². The number of nitrogens with zero attached hydrogens (tertiary/aromatic N) is 1. The van der Waals surface area contributed by atoms with E-state index in [1.54, 1.807) is 25.1 Å². The Labute approximate surface area is 187 Å². The van der Waals surface area contributed by atoms with Gasteiger partial charge in [0.2, 0.25) is 0 Å². The first-order chi connectivity index (χ1) is 15.2. The molecule has 0 saturated carbocycles. The van der Waals surface area contributed by atoms with Crippen molar-refractivity contribution in [3.63, 3.8) is 0 Å². The number of piperazine rings is 1. The molecule has 162 valence electrons. The standard InChI is InChI=1S/C24H28N4O2S/c1-30-23-7-2-4-18(24(23)29)17-26-19-8-10-22(11-9-19)31-27-20-5-3-6-21(16-20)28-14-12-25-13-15-28/h2-11,16,25-27,29H,12-15,17H2,1H3. The number of methoxy groups -OCH3 is 1. The number of benzene rings is 3. The van der Waals surface area contributed by atoms with Crippen LogP contribution in [0.2, 0.25) is 0 Å². The van der Waals surface area contributed by atoms with Crippen molar-refractivity contribution in [3.05, 3.63) is 72.3 Å². The largest absolute Gasteiger partial charge is 0.504 e. The lowest BCUT2D eigenvalue weighted by Gasteiger charge is -2.29. The summed E-state index contributed by atoms with van der Waals surface area (Å²) in [5.74, 6) is 0.662. The van der Waals surface area contributed by atoms with Crippen LogP contribution in [0.4, 0.5) is 17.1 Å². The molecular formula is C24H28N4O2S. The van der Waals surface area contributed by atoms with E-state index in [0.29, 0.717) is 12.3 Å². The number of nitrogens with one attached hydrogen (secondary N) is 3. The molecule has 0 atom stereocenters. The van der Waals surface area contributed by atoms with Gasteiger partial charge in [-0.2, -0.15) is 0 Å². The zero-order valence-corrected chi connectivity index (χ0v) is 18.4. The van der Waals surface area contributed by atoms with Crippen LogP contribution in [0.25, 0.3) is 0 Å². The van der Waals surface area contributed by atoms with Crippen molar-refractivity contribution in [2.75, 3.05) is 48.2 Å². The average molecular weight is 437 g/mol. The number of ether oxygens (including phenoxy) is 1. The topological polar surface area (TPSA) is 68.8 Å². The van der Waals surface area contributed by atoms with E-state index in [-0.39, 0.29) is 5.75 Å². The summed E-state index contributed by atoms with van der Waals surface area (Å²) in [5, 5.41) is 16.9. The Morgan fingerprint density at radius 3 is 2.55 bits per heavy atom. The molecule has 3 aromatic rings. The number of hydrogen-bond donors (Lipinski definition) is 4. The first-order valence-corrected chi connectivity index (χ1v) is 11.2. The quantitative estimate of drug-likeness (QED) is 0.387. The molecule has 0 aliphatic carbocycles. The molecule has 3 aromatic carbocycles. The molecule has 0 bridgehead atoms. The van der Waals surface area contributed by atoms with Crippen LogP contribution in [0.1, 0.15) is 5.56 Å². The maximum Gasteiger partial charge on any atom is 0.162 e. The lowest BCUT2D eigenvalue weighted by Crippen LogP contribution is -2.43. The molecular weight excluding hydrogens is 408 g/mol. The van der Waals surface area contributed by atoms with Crippen molar-refractivity contribution in [2.45, 2.75) is 11.4 Å². The van der Waals surface area contributed by atoms with Crippen molar-refractivity contribution < 1.29 is 9.84 Å². The zero-order chi connectivity index (χ0) is 21.5. The average Bonchev–Trinajstić information content (AvgIpc) is 2.83. The van der Waals surface area contributed by atoms with E-state index >= 15 is 0 Å². The van der Waals surface area contributed by atoms with Gasteiger partial charge < -0.3 is 30.1 Å². The third kappa shape index (κ3) is 5.57. The second-order valence-electron chi connectivity index (χ2n) is 7.34. The van der Waals surface area contributed by atoms with E-state index in [0.717, 1.165) is 48.0 Å². The monoisotopic (exact) mass is 436 g/mol. The van der Waals surface area contributed by atoms with Crippen LogP contribution in [0, 0.1) is 0 Å². The predicted molar refractivity (Wildman–Crippen MR) is 129 cm³/mol. The normalized spacial score (nSPS) is 13.6. The van der Waals surface area contributed by atoms with Crippen LogP contribution in [0.15, 0.2) is 71.6 Å². The van der Waals surface area contributed by atoms with Crippen molar-refractivity contribution in [2.24, 2.45) is 0 Å². The number of phenolic OH excluding ortho intramolecular Hbond substituents is 1. The molecule has 1 saturated heterocycles. The van der Waals surface area contributed by atoms with Gasteiger partial charge in [-0.1, -0.05) is 18.2 Å². The maximum atomic E-state index is 10.2. The minimum absolute atomic E-state index is 0.178. The van der Waals surface area contributed by atoms with Crippen LogP contribution >= 0.6 is 11.9 Å². The first-order valence-electron chi connectivity index (χ1n) is 10.4. The number of para-hydroxylation sites is 1. The fraction of sp³-hybridized carbons (Fsp3) is 0.250. The molecule has 1 aliphatic rings. The summed E-state index contributed by atoms with van der Waals surface area (Å²) in [6.07, 6.45) is 0. The van der Waals surface area contributed by atoms with E-state index in [2.05, 4.69) is 56.7 Å². The summed E-state index contributed by atoms with van der Waals surface area (Å²) in [6.45, 7) is 4.66. The minimum Gasteiger partial charge on any atom is -0.504 e. The fourth-order valence-electron chi connectivity index (χ4n) is 3.52. The van der Waals surface area contributed by atoms with Gasteiger partial charge in [-0.05, 0) is 60.5 Å². The highest BCUT2D eigenvalue weighted by atomic mass is 32.2. The second-order valence-corrected chi connectivity index (χ2v) is 8.22. The molecule has 31 heavy (non-hydrogen) atoms. The Hall–Kier alpha value is -3.03. The van der Waals surface area contributed by atoms with E-state index in [4.69, 9.17) is 4.74 Å². The number of hydrogen-bond acceptors (Lipinski definition) is 7. The fourth-order valence-corrected chi connectivity index (χ4v) is 4.16. The van der Waals surface area contributed by atoms with Crippen molar-refractivity contribution in [1.29, 1.82) is 0 Å². The lowest BCUT2D eigenvalue weighted by molar-refractivity contribution is 0.371. The van der Waals surface area contributed by atoms with Gasteiger partial charge in [0.1, 0.15) is 0 Å². The molecule has 1 fully saturated rings. The van der Waals surface area contributed by atoms with Crippen molar-refractivity contribution in [1.82, 2.24) is 5.32 Å². The summed E-state index contributed by atoms with van der Waals surface area (Å²) in [6, 6.07) is 22.3. The number of aromatic hydroxyl groups is 1. The summed E-state index contributed by atoms with van der Waals surface area (Å²) in [7, 11) is 1.55. The van der Waals surface area contributed by atoms with E-state index in [9.17, 15) is 5.11 Å². The molecule has 0 amide bonds. The molecule has 0 aromatic heterocycles. The predicted octanol–water partition coefficient (Wildman–Crippen LogP) is 4.54. The summed E-state index contributed by atoms with van der Waals surface area (Å²) < 4.78 is 8.61. The molecule has 0 radical (unpaired) electrons. The van der Waals surface area contributed by atoms with Gasteiger partial charge in [-0.3, -0.25) is 0 Å². The molecule has 0 spiro atoms. The number of anilines is 3. The highest BCUT2D eigenvalue weighted by Gasteiger charge is 2.11. The van der Waals surface area contributed by atoms with Gasteiger partial charge >= 0.3 is 0 Å². The lowest BCUT2D eigenvalue weighted by atomic mass is 10.2. The zero-order valence-electron chi connectivity index (χ0n) is 17.6. The molecule has 7 heteroatoms. The number of phenols is 1. The van der Waals surface area contributed by atoms with Gasteiger partial charge in [0, 0.05) is 60.2 Å². The summed E-state index contributed by atoms with van der Waals surface area (Å²) in [4.78, 5) is 3.54. The van der Waals surface area contributed by atoms with Gasteiger partial charge in [0.15, 0.2) is 11.5 Å². The smallest absolute Gasteiger partial charge is 0.162 e. The van der Waals surface area contributed by atoms with E-state index < -0.39 is 0 Å². The van der Waals surface area contributed by atoms with E-state index in [1.807, 2.05) is 24.3 Å². The minimum atomic E-state index is 0.178.